The third-order valence-corrected chi connectivity index (χ3v) is 5.72. The van der Waals surface area contributed by atoms with Crippen molar-refractivity contribution in [1.29, 1.82) is 0 Å². The second kappa shape index (κ2) is 7.91. The maximum atomic E-state index is 12.6. The molecule has 7 heteroatoms. The van der Waals surface area contributed by atoms with Gasteiger partial charge in [0, 0.05) is 6.04 Å². The summed E-state index contributed by atoms with van der Waals surface area (Å²) in [5.41, 5.74) is 1.01. The third kappa shape index (κ3) is 3.25. The van der Waals surface area contributed by atoms with Gasteiger partial charge in [-0.25, -0.2) is 13.7 Å². The number of benzene rings is 2. The number of aryl methyl sites for hydroxylation is 1. The number of halogens is 2. The molecule has 0 radical (unpaired) electrons. The van der Waals surface area contributed by atoms with Gasteiger partial charge in [0.25, 0.3) is 0 Å². The molecule has 2 fully saturated rings. The lowest BCUT2D eigenvalue weighted by Gasteiger charge is -2.22. The van der Waals surface area contributed by atoms with Crippen LogP contribution >= 0.6 is 0 Å². The summed E-state index contributed by atoms with van der Waals surface area (Å²) in [5.74, 6) is -3.13. The molecule has 3 aliphatic rings. The molecule has 3 aliphatic heterocycles. The summed E-state index contributed by atoms with van der Waals surface area (Å²) >= 11 is 0. The summed E-state index contributed by atoms with van der Waals surface area (Å²) in [6.07, 6.45) is 3.71. The normalized spacial score (nSPS) is 26.5. The lowest BCUT2D eigenvalue weighted by Crippen LogP contribution is -2.46. The minimum atomic E-state index is -0.764. The summed E-state index contributed by atoms with van der Waals surface area (Å²) in [5, 5.41) is 3.07. The molecule has 5 nitrogen and oxygen atoms in total. The number of imide groups is 1. The topological polar surface area (TPSA) is 66.5 Å². The average Bonchev–Trinajstić information content (AvgIpc) is 3.21. The zero-order valence-electron chi connectivity index (χ0n) is 16.2. The molecule has 0 spiro atoms. The van der Waals surface area contributed by atoms with Gasteiger partial charge in [-0.1, -0.05) is 43.3 Å². The van der Waals surface area contributed by atoms with Crippen molar-refractivity contribution >= 4 is 23.3 Å². The molecule has 2 saturated heterocycles. The summed E-state index contributed by atoms with van der Waals surface area (Å²) in [4.78, 5) is 38.2. The van der Waals surface area contributed by atoms with E-state index in [9.17, 15) is 23.2 Å². The van der Waals surface area contributed by atoms with Crippen molar-refractivity contribution < 1.29 is 23.2 Å². The van der Waals surface area contributed by atoms with Crippen molar-refractivity contribution in [2.24, 2.45) is 11.8 Å². The van der Waals surface area contributed by atoms with Gasteiger partial charge in [0.2, 0.25) is 11.8 Å². The quantitative estimate of drug-likeness (QED) is 0.774. The van der Waals surface area contributed by atoms with Crippen molar-refractivity contribution in [1.82, 2.24) is 5.32 Å². The van der Waals surface area contributed by atoms with Gasteiger partial charge in [-0.05, 0) is 36.3 Å². The summed E-state index contributed by atoms with van der Waals surface area (Å²) in [7, 11) is 0. The van der Waals surface area contributed by atoms with E-state index in [1.807, 2.05) is 6.07 Å². The monoisotopic (exact) mass is 410 g/mol. The molecule has 0 aliphatic carbocycles. The van der Waals surface area contributed by atoms with Gasteiger partial charge >= 0.3 is 0 Å². The van der Waals surface area contributed by atoms with E-state index < -0.39 is 29.5 Å². The number of carbonyl (C=O) groups excluding carboxylic acids is 3. The fourth-order valence-electron chi connectivity index (χ4n) is 4.25. The Kier molecular flexibility index (Phi) is 5.30. The Bertz CT molecular complexity index is 1040. The van der Waals surface area contributed by atoms with E-state index in [1.165, 1.54) is 17.0 Å². The number of carbonyl (C=O) groups is 3. The maximum Gasteiger partial charge on any atom is 0.239 e. The highest BCUT2D eigenvalue weighted by atomic mass is 19.2. The zero-order chi connectivity index (χ0) is 21.4. The Morgan fingerprint density at radius 2 is 1.63 bits per heavy atom. The number of amides is 2. The Balaban J connectivity index is 0.000000185. The number of para-hydroxylation sites is 1. The first-order valence-electron chi connectivity index (χ1n) is 9.78. The molecule has 0 saturated carbocycles. The number of hydrogen-bond acceptors (Lipinski definition) is 4. The molecule has 2 aromatic carbocycles. The Morgan fingerprint density at radius 3 is 2.30 bits per heavy atom. The zero-order valence-corrected chi connectivity index (χ0v) is 16.2. The van der Waals surface area contributed by atoms with Gasteiger partial charge in [0.1, 0.15) is 0 Å². The van der Waals surface area contributed by atoms with Crippen molar-refractivity contribution in [3.8, 4) is 0 Å². The fourth-order valence-corrected chi connectivity index (χ4v) is 4.25. The van der Waals surface area contributed by atoms with Gasteiger partial charge in [-0.2, -0.15) is 0 Å². The highest BCUT2D eigenvalue weighted by Crippen LogP contribution is 2.41. The number of anilines is 1. The smallest absolute Gasteiger partial charge is 0.239 e. The lowest BCUT2D eigenvalue weighted by atomic mass is 9.90. The van der Waals surface area contributed by atoms with Crippen LogP contribution < -0.4 is 10.2 Å². The van der Waals surface area contributed by atoms with Crippen LogP contribution in [0.15, 0.2) is 60.7 Å². The molecule has 4 atom stereocenters. The third-order valence-electron chi connectivity index (χ3n) is 5.72. The average molecular weight is 410 g/mol. The molecule has 0 aromatic heterocycles. The van der Waals surface area contributed by atoms with Crippen LogP contribution in [0.5, 0.6) is 0 Å². The number of fused-ring (bicyclic) bond motifs is 5. The molecular weight excluding hydrogens is 390 g/mol. The first kappa shape index (κ1) is 20.1. The van der Waals surface area contributed by atoms with Crippen LogP contribution in [0.3, 0.4) is 0 Å². The number of ketones is 1. The highest BCUT2D eigenvalue weighted by molar-refractivity contribution is 6.24. The van der Waals surface area contributed by atoms with Gasteiger partial charge in [-0.15, -0.1) is 0 Å². The van der Waals surface area contributed by atoms with Crippen LogP contribution in [-0.4, -0.2) is 29.7 Å². The van der Waals surface area contributed by atoms with Gasteiger partial charge in [0.05, 0.1) is 23.6 Å². The molecule has 5 rings (SSSR count). The summed E-state index contributed by atoms with van der Waals surface area (Å²) in [6.45, 7) is 1.79. The minimum absolute atomic E-state index is 0.121. The van der Waals surface area contributed by atoms with Crippen LogP contribution in [0.25, 0.3) is 0 Å². The Labute approximate surface area is 172 Å². The van der Waals surface area contributed by atoms with Crippen molar-refractivity contribution in [3.63, 3.8) is 0 Å². The lowest BCUT2D eigenvalue weighted by molar-refractivity contribution is -0.126. The predicted octanol–water partition coefficient (Wildman–Crippen LogP) is 2.80. The molecule has 154 valence electrons. The predicted molar refractivity (Wildman–Crippen MR) is 107 cm³/mol. The molecule has 30 heavy (non-hydrogen) atoms. The highest BCUT2D eigenvalue weighted by Gasteiger charge is 2.60. The molecule has 1 N–H and O–H groups in total. The number of nitrogens with one attached hydrogen (secondary N) is 1. The van der Waals surface area contributed by atoms with E-state index in [-0.39, 0.29) is 23.6 Å². The van der Waals surface area contributed by atoms with Crippen LogP contribution in [-0.2, 0) is 20.8 Å². The van der Waals surface area contributed by atoms with Crippen LogP contribution in [0, 0.1) is 23.5 Å². The molecule has 2 amide bonds. The van der Waals surface area contributed by atoms with E-state index in [0.717, 1.165) is 6.07 Å². The van der Waals surface area contributed by atoms with Crippen molar-refractivity contribution in [3.05, 3.63) is 77.9 Å². The van der Waals surface area contributed by atoms with Gasteiger partial charge in [0.15, 0.2) is 17.4 Å². The largest absolute Gasteiger partial charge is 0.299 e. The number of hydrogen-bond donors (Lipinski definition) is 1. The fraction of sp³-hybridized carbons (Fsp3) is 0.261. The molecule has 2 aromatic rings. The molecular formula is C23H20F2N2O3. The SMILES string of the molecule is CCc1cccc(F)c1F.O=C1C=C[C@@H]2N[C@H]1[C@H]1C(=O)N(c3ccccc3)C(=O)[C@H]12. The van der Waals surface area contributed by atoms with Crippen LogP contribution in [0.1, 0.15) is 12.5 Å². The molecule has 0 unspecified atom stereocenters. The van der Waals surface area contributed by atoms with E-state index in [1.54, 1.807) is 43.3 Å². The molecule has 2 bridgehead atoms. The summed E-state index contributed by atoms with van der Waals surface area (Å²) in [6, 6.07) is 12.3. The van der Waals surface area contributed by atoms with Gasteiger partial charge in [-0.3, -0.25) is 19.7 Å². The van der Waals surface area contributed by atoms with E-state index in [0.29, 0.717) is 17.7 Å². The van der Waals surface area contributed by atoms with E-state index in [4.69, 9.17) is 0 Å². The summed E-state index contributed by atoms with van der Waals surface area (Å²) < 4.78 is 25.0. The molecule has 3 heterocycles. The second-order valence-electron chi connectivity index (χ2n) is 7.40. The Hall–Kier alpha value is -3.19. The maximum absolute atomic E-state index is 12.6. The minimum Gasteiger partial charge on any atom is -0.299 e. The van der Waals surface area contributed by atoms with E-state index in [2.05, 4.69) is 5.32 Å². The standard InChI is InChI=1S/C15H12N2O3.C8H8F2/c18-10-7-6-9-11-12(13(10)16-9)15(20)17(14(11)19)8-4-2-1-3-5-8;1-2-6-4-3-5-7(9)8(6)10/h1-7,9,11-13,16H;3-5H,2H2,1H3/t9-,11-,12-,13+;/m0./s1. The first-order chi connectivity index (χ1) is 14.4. The Morgan fingerprint density at radius 1 is 0.933 bits per heavy atom. The second-order valence-corrected chi connectivity index (χ2v) is 7.40. The number of nitrogens with zero attached hydrogens (tertiary/aromatic N) is 1. The van der Waals surface area contributed by atoms with E-state index >= 15 is 0 Å². The number of rotatable bonds is 2. The van der Waals surface area contributed by atoms with Crippen LogP contribution in [0.2, 0.25) is 0 Å². The first-order valence-corrected chi connectivity index (χ1v) is 9.78. The van der Waals surface area contributed by atoms with Crippen molar-refractivity contribution in [2.75, 3.05) is 4.90 Å². The van der Waals surface area contributed by atoms with Crippen molar-refractivity contribution in [2.45, 2.75) is 25.4 Å². The van der Waals surface area contributed by atoms with Gasteiger partial charge < -0.3 is 0 Å². The van der Waals surface area contributed by atoms with Crippen LogP contribution in [0.4, 0.5) is 14.5 Å².